The Hall–Kier alpha value is -0.150. The molecule has 1 aromatic rings. The fraction of sp³-hybridized carbons (Fsp3) is 0.714. The van der Waals surface area contributed by atoms with Crippen molar-refractivity contribution in [3.63, 3.8) is 0 Å². The van der Waals surface area contributed by atoms with E-state index >= 15 is 0 Å². The Balaban J connectivity index is 2.50. The van der Waals surface area contributed by atoms with Crippen LogP contribution in [0.15, 0.2) is 0 Å². The topological polar surface area (TPSA) is 25.8 Å². The second kappa shape index (κ2) is 4.02. The molecule has 0 radical (unpaired) electrons. The SMILES string of the molecule is Cc1nnc(CC(C)CCl)s1. The maximum atomic E-state index is 5.67. The van der Waals surface area contributed by atoms with E-state index in [-0.39, 0.29) is 0 Å². The predicted molar refractivity (Wildman–Crippen MR) is 48.2 cm³/mol. The Morgan fingerprint density at radius 2 is 2.27 bits per heavy atom. The Bertz CT molecular complexity index is 224. The molecule has 0 aromatic carbocycles. The molecule has 4 heteroatoms. The third-order valence-corrected chi connectivity index (χ3v) is 2.74. The quantitative estimate of drug-likeness (QED) is 0.684. The summed E-state index contributed by atoms with van der Waals surface area (Å²) < 4.78 is 0. The zero-order chi connectivity index (χ0) is 8.27. The van der Waals surface area contributed by atoms with E-state index in [1.807, 2.05) is 6.92 Å². The van der Waals surface area contributed by atoms with E-state index in [9.17, 15) is 0 Å². The highest BCUT2D eigenvalue weighted by atomic mass is 35.5. The number of halogens is 1. The fourth-order valence-corrected chi connectivity index (χ4v) is 1.75. The van der Waals surface area contributed by atoms with E-state index < -0.39 is 0 Å². The maximum Gasteiger partial charge on any atom is 0.117 e. The first kappa shape index (κ1) is 8.94. The minimum Gasteiger partial charge on any atom is -0.144 e. The van der Waals surface area contributed by atoms with Crippen molar-refractivity contribution in [2.45, 2.75) is 20.3 Å². The second-order valence-corrected chi connectivity index (χ2v) is 4.25. The molecule has 62 valence electrons. The zero-order valence-electron chi connectivity index (χ0n) is 6.67. The molecular formula is C7H11ClN2S. The lowest BCUT2D eigenvalue weighted by molar-refractivity contribution is 0.646. The summed E-state index contributed by atoms with van der Waals surface area (Å²) in [6, 6.07) is 0. The molecule has 0 aliphatic heterocycles. The highest BCUT2D eigenvalue weighted by Gasteiger charge is 2.05. The van der Waals surface area contributed by atoms with Crippen molar-refractivity contribution < 1.29 is 0 Å². The summed E-state index contributed by atoms with van der Waals surface area (Å²) >= 11 is 7.32. The van der Waals surface area contributed by atoms with Crippen molar-refractivity contribution in [3.8, 4) is 0 Å². The van der Waals surface area contributed by atoms with Crippen LogP contribution in [-0.4, -0.2) is 16.1 Å². The largest absolute Gasteiger partial charge is 0.144 e. The van der Waals surface area contributed by atoms with Crippen molar-refractivity contribution in [3.05, 3.63) is 10.0 Å². The molecule has 0 amide bonds. The standard InChI is InChI=1S/C7H11ClN2S/c1-5(4-8)3-7-10-9-6(2)11-7/h5H,3-4H2,1-2H3. The van der Waals surface area contributed by atoms with Gasteiger partial charge in [-0.15, -0.1) is 33.1 Å². The van der Waals surface area contributed by atoms with Gasteiger partial charge in [-0.25, -0.2) is 0 Å². The van der Waals surface area contributed by atoms with E-state index in [2.05, 4.69) is 17.1 Å². The first-order valence-corrected chi connectivity index (χ1v) is 4.92. The Kier molecular flexibility index (Phi) is 3.27. The number of aryl methyl sites for hydroxylation is 1. The van der Waals surface area contributed by atoms with Gasteiger partial charge in [0.25, 0.3) is 0 Å². The third kappa shape index (κ3) is 2.75. The van der Waals surface area contributed by atoms with Crippen LogP contribution in [0.4, 0.5) is 0 Å². The van der Waals surface area contributed by atoms with E-state index in [1.165, 1.54) is 0 Å². The first-order valence-electron chi connectivity index (χ1n) is 3.57. The van der Waals surface area contributed by atoms with Crippen molar-refractivity contribution in [1.82, 2.24) is 10.2 Å². The normalized spacial score (nSPS) is 13.4. The summed E-state index contributed by atoms with van der Waals surface area (Å²) in [6.45, 7) is 4.08. The summed E-state index contributed by atoms with van der Waals surface area (Å²) in [7, 11) is 0. The summed E-state index contributed by atoms with van der Waals surface area (Å²) in [5, 5.41) is 10.1. The smallest absolute Gasteiger partial charge is 0.117 e. The summed E-state index contributed by atoms with van der Waals surface area (Å²) in [5.74, 6) is 1.20. The Morgan fingerprint density at radius 3 is 2.73 bits per heavy atom. The van der Waals surface area contributed by atoms with Gasteiger partial charge in [0, 0.05) is 12.3 Å². The van der Waals surface area contributed by atoms with Crippen molar-refractivity contribution >= 4 is 22.9 Å². The Morgan fingerprint density at radius 1 is 1.55 bits per heavy atom. The van der Waals surface area contributed by atoms with Crippen LogP contribution in [0.3, 0.4) is 0 Å². The van der Waals surface area contributed by atoms with Crippen molar-refractivity contribution in [1.29, 1.82) is 0 Å². The molecule has 0 saturated carbocycles. The van der Waals surface area contributed by atoms with Crippen LogP contribution >= 0.6 is 22.9 Å². The number of rotatable bonds is 3. The predicted octanol–water partition coefficient (Wildman–Crippen LogP) is 2.26. The van der Waals surface area contributed by atoms with E-state index in [0.717, 1.165) is 16.4 Å². The average molecular weight is 191 g/mol. The number of hydrogen-bond acceptors (Lipinski definition) is 3. The van der Waals surface area contributed by atoms with Crippen molar-refractivity contribution in [2.24, 2.45) is 5.92 Å². The molecule has 1 atom stereocenters. The van der Waals surface area contributed by atoms with Crippen LogP contribution in [0.25, 0.3) is 0 Å². The second-order valence-electron chi connectivity index (χ2n) is 2.68. The average Bonchev–Trinajstić information content (AvgIpc) is 2.35. The fourth-order valence-electron chi connectivity index (χ4n) is 0.773. The van der Waals surface area contributed by atoms with E-state index in [1.54, 1.807) is 11.3 Å². The van der Waals surface area contributed by atoms with Crippen LogP contribution < -0.4 is 0 Å². The molecule has 0 spiro atoms. The molecule has 0 aliphatic rings. The van der Waals surface area contributed by atoms with Gasteiger partial charge in [0.1, 0.15) is 10.0 Å². The number of nitrogens with zero attached hydrogens (tertiary/aromatic N) is 2. The minimum absolute atomic E-state index is 0.504. The lowest BCUT2D eigenvalue weighted by atomic mass is 10.1. The highest BCUT2D eigenvalue weighted by molar-refractivity contribution is 7.11. The molecule has 1 heterocycles. The Labute approximate surface area is 75.6 Å². The van der Waals surface area contributed by atoms with Gasteiger partial charge in [-0.3, -0.25) is 0 Å². The molecule has 11 heavy (non-hydrogen) atoms. The van der Waals surface area contributed by atoms with Gasteiger partial charge in [-0.05, 0) is 12.8 Å². The van der Waals surface area contributed by atoms with Gasteiger partial charge in [0.2, 0.25) is 0 Å². The molecule has 1 aromatic heterocycles. The highest BCUT2D eigenvalue weighted by Crippen LogP contribution is 2.13. The molecular weight excluding hydrogens is 180 g/mol. The minimum atomic E-state index is 0.504. The van der Waals surface area contributed by atoms with Gasteiger partial charge in [-0.2, -0.15) is 0 Å². The monoisotopic (exact) mass is 190 g/mol. The molecule has 1 unspecified atom stereocenters. The van der Waals surface area contributed by atoms with Gasteiger partial charge >= 0.3 is 0 Å². The van der Waals surface area contributed by atoms with Crippen LogP contribution in [0, 0.1) is 12.8 Å². The number of alkyl halides is 1. The lowest BCUT2D eigenvalue weighted by Gasteiger charge is -2.01. The third-order valence-electron chi connectivity index (χ3n) is 1.35. The molecule has 0 fully saturated rings. The zero-order valence-corrected chi connectivity index (χ0v) is 8.24. The molecule has 0 bridgehead atoms. The van der Waals surface area contributed by atoms with Crippen LogP contribution in [-0.2, 0) is 6.42 Å². The number of hydrogen-bond donors (Lipinski definition) is 0. The van der Waals surface area contributed by atoms with Gasteiger partial charge in [0.15, 0.2) is 0 Å². The molecule has 1 rings (SSSR count). The molecule has 0 saturated heterocycles. The molecule has 0 N–H and O–H groups in total. The maximum absolute atomic E-state index is 5.67. The van der Waals surface area contributed by atoms with Gasteiger partial charge < -0.3 is 0 Å². The van der Waals surface area contributed by atoms with E-state index in [0.29, 0.717) is 11.8 Å². The van der Waals surface area contributed by atoms with E-state index in [4.69, 9.17) is 11.6 Å². The molecule has 2 nitrogen and oxygen atoms in total. The summed E-state index contributed by atoms with van der Waals surface area (Å²) in [4.78, 5) is 0. The lowest BCUT2D eigenvalue weighted by Crippen LogP contribution is -2.00. The van der Waals surface area contributed by atoms with Gasteiger partial charge in [0.05, 0.1) is 0 Å². The first-order chi connectivity index (χ1) is 5.22. The number of aromatic nitrogens is 2. The molecule has 0 aliphatic carbocycles. The van der Waals surface area contributed by atoms with Gasteiger partial charge in [-0.1, -0.05) is 6.92 Å². The summed E-state index contributed by atoms with van der Waals surface area (Å²) in [6.07, 6.45) is 0.953. The van der Waals surface area contributed by atoms with Crippen LogP contribution in [0.1, 0.15) is 16.9 Å². The van der Waals surface area contributed by atoms with Crippen LogP contribution in [0.5, 0.6) is 0 Å². The van der Waals surface area contributed by atoms with Crippen molar-refractivity contribution in [2.75, 3.05) is 5.88 Å². The summed E-state index contributed by atoms with van der Waals surface area (Å²) in [5.41, 5.74) is 0. The van der Waals surface area contributed by atoms with Crippen LogP contribution in [0.2, 0.25) is 0 Å².